The summed E-state index contributed by atoms with van der Waals surface area (Å²) in [6.45, 7) is 0. The van der Waals surface area contributed by atoms with Gasteiger partial charge in [-0.15, -0.1) is 0 Å². The van der Waals surface area contributed by atoms with Crippen molar-refractivity contribution in [1.29, 1.82) is 0 Å². The molecule has 0 amide bonds. The zero-order valence-electron chi connectivity index (χ0n) is 11.3. The van der Waals surface area contributed by atoms with Gasteiger partial charge < -0.3 is 0 Å². The standard InChI is InChI=1S/C17H17N3/c1-3-8-14(9-4-1)10-7-13-16-18-17(20-19-16)15-11-5-2-6-12-15/h1-6,8-9,11-12H,7,10,13H2,(H,18,19,20). The molecule has 1 heterocycles. The lowest BCUT2D eigenvalue weighted by atomic mass is 10.1. The van der Waals surface area contributed by atoms with Crippen LogP contribution in [0.3, 0.4) is 0 Å². The van der Waals surface area contributed by atoms with E-state index in [1.54, 1.807) is 0 Å². The van der Waals surface area contributed by atoms with Gasteiger partial charge in [0.05, 0.1) is 0 Å². The quantitative estimate of drug-likeness (QED) is 0.763. The van der Waals surface area contributed by atoms with E-state index in [-0.39, 0.29) is 0 Å². The van der Waals surface area contributed by atoms with Crippen molar-refractivity contribution in [1.82, 2.24) is 15.2 Å². The predicted molar refractivity (Wildman–Crippen MR) is 80.3 cm³/mol. The van der Waals surface area contributed by atoms with E-state index in [9.17, 15) is 0 Å². The van der Waals surface area contributed by atoms with Crippen LogP contribution in [0.1, 0.15) is 17.8 Å². The molecule has 0 saturated carbocycles. The Labute approximate surface area is 118 Å². The van der Waals surface area contributed by atoms with E-state index in [0.717, 1.165) is 36.5 Å². The van der Waals surface area contributed by atoms with Crippen LogP contribution in [0.5, 0.6) is 0 Å². The topological polar surface area (TPSA) is 41.6 Å². The number of rotatable bonds is 5. The van der Waals surface area contributed by atoms with E-state index < -0.39 is 0 Å². The van der Waals surface area contributed by atoms with E-state index >= 15 is 0 Å². The molecule has 0 fully saturated rings. The summed E-state index contributed by atoms with van der Waals surface area (Å²) in [6, 6.07) is 20.6. The molecule has 0 aliphatic heterocycles. The molecule has 0 saturated heterocycles. The van der Waals surface area contributed by atoms with Crippen molar-refractivity contribution in [3.63, 3.8) is 0 Å². The maximum absolute atomic E-state index is 4.55. The third-order valence-corrected chi connectivity index (χ3v) is 3.29. The molecule has 0 unspecified atom stereocenters. The van der Waals surface area contributed by atoms with E-state index in [2.05, 4.69) is 39.4 Å². The van der Waals surface area contributed by atoms with Crippen LogP contribution < -0.4 is 0 Å². The number of hydrogen-bond acceptors (Lipinski definition) is 2. The summed E-state index contributed by atoms with van der Waals surface area (Å²) < 4.78 is 0. The molecule has 3 nitrogen and oxygen atoms in total. The van der Waals surface area contributed by atoms with Crippen LogP contribution in [-0.2, 0) is 12.8 Å². The van der Waals surface area contributed by atoms with E-state index in [0.29, 0.717) is 0 Å². The van der Waals surface area contributed by atoms with E-state index in [1.807, 2.05) is 36.4 Å². The van der Waals surface area contributed by atoms with Crippen LogP contribution in [-0.4, -0.2) is 15.2 Å². The molecular weight excluding hydrogens is 246 g/mol. The summed E-state index contributed by atoms with van der Waals surface area (Å²) in [4.78, 5) is 4.55. The largest absolute Gasteiger partial charge is 0.263 e. The van der Waals surface area contributed by atoms with Crippen molar-refractivity contribution in [2.24, 2.45) is 0 Å². The zero-order valence-corrected chi connectivity index (χ0v) is 11.3. The first kappa shape index (κ1) is 12.6. The number of hydrogen-bond donors (Lipinski definition) is 1. The summed E-state index contributed by atoms with van der Waals surface area (Å²) in [5.41, 5.74) is 2.42. The maximum Gasteiger partial charge on any atom is 0.181 e. The number of H-pyrrole nitrogens is 1. The van der Waals surface area contributed by atoms with Gasteiger partial charge in [0.1, 0.15) is 5.82 Å². The minimum absolute atomic E-state index is 0.778. The first-order chi connectivity index (χ1) is 9.92. The Bertz CT molecular complexity index is 644. The second-order valence-corrected chi connectivity index (χ2v) is 4.81. The molecule has 0 aliphatic carbocycles. The third-order valence-electron chi connectivity index (χ3n) is 3.29. The van der Waals surface area contributed by atoms with E-state index in [1.165, 1.54) is 5.56 Å². The molecule has 1 N–H and O–H groups in total. The summed E-state index contributed by atoms with van der Waals surface area (Å²) in [5.74, 6) is 1.74. The van der Waals surface area contributed by atoms with Crippen molar-refractivity contribution >= 4 is 0 Å². The molecule has 3 rings (SSSR count). The number of nitrogens with one attached hydrogen (secondary N) is 1. The van der Waals surface area contributed by atoms with Crippen molar-refractivity contribution in [3.05, 3.63) is 72.1 Å². The highest BCUT2D eigenvalue weighted by atomic mass is 15.2. The van der Waals surface area contributed by atoms with Crippen molar-refractivity contribution in [2.75, 3.05) is 0 Å². The van der Waals surface area contributed by atoms with Crippen molar-refractivity contribution in [2.45, 2.75) is 19.3 Å². The monoisotopic (exact) mass is 263 g/mol. The Morgan fingerprint density at radius 3 is 2.25 bits per heavy atom. The Kier molecular flexibility index (Phi) is 3.88. The Balaban J connectivity index is 1.58. The summed E-state index contributed by atoms with van der Waals surface area (Å²) in [7, 11) is 0. The lowest BCUT2D eigenvalue weighted by molar-refractivity contribution is 0.775. The Morgan fingerprint density at radius 1 is 0.800 bits per heavy atom. The van der Waals surface area contributed by atoms with Crippen LogP contribution in [0, 0.1) is 0 Å². The number of aryl methyl sites for hydroxylation is 2. The molecule has 1 aromatic heterocycles. The second-order valence-electron chi connectivity index (χ2n) is 4.81. The smallest absolute Gasteiger partial charge is 0.181 e. The van der Waals surface area contributed by atoms with Gasteiger partial charge in [-0.25, -0.2) is 4.98 Å². The average molecular weight is 263 g/mol. The average Bonchev–Trinajstić information content (AvgIpc) is 2.98. The van der Waals surface area contributed by atoms with Crippen molar-refractivity contribution in [3.8, 4) is 11.4 Å². The van der Waals surface area contributed by atoms with Crippen LogP contribution in [0.15, 0.2) is 60.7 Å². The second kappa shape index (κ2) is 6.15. The van der Waals surface area contributed by atoms with Gasteiger partial charge in [0.15, 0.2) is 5.82 Å². The maximum atomic E-state index is 4.55. The molecule has 0 spiro atoms. The highest BCUT2D eigenvalue weighted by molar-refractivity contribution is 5.53. The molecule has 0 radical (unpaired) electrons. The van der Waals surface area contributed by atoms with Gasteiger partial charge in [-0.05, 0) is 18.4 Å². The number of aromatic amines is 1. The molecule has 3 heteroatoms. The Hall–Kier alpha value is -2.42. The fourth-order valence-electron chi connectivity index (χ4n) is 2.23. The van der Waals surface area contributed by atoms with Gasteiger partial charge in [0.2, 0.25) is 0 Å². The summed E-state index contributed by atoms with van der Waals surface area (Å²) in [5, 5.41) is 7.31. The third kappa shape index (κ3) is 3.12. The summed E-state index contributed by atoms with van der Waals surface area (Å²) >= 11 is 0. The van der Waals surface area contributed by atoms with Crippen LogP contribution in [0.2, 0.25) is 0 Å². The molecule has 0 aliphatic rings. The van der Waals surface area contributed by atoms with Gasteiger partial charge in [-0.1, -0.05) is 60.7 Å². The van der Waals surface area contributed by atoms with Gasteiger partial charge in [-0.2, -0.15) is 5.10 Å². The zero-order chi connectivity index (χ0) is 13.6. The number of benzene rings is 2. The molecule has 3 aromatic rings. The van der Waals surface area contributed by atoms with Crippen LogP contribution >= 0.6 is 0 Å². The summed E-state index contributed by atoms with van der Waals surface area (Å²) in [6.07, 6.45) is 3.07. The Morgan fingerprint density at radius 2 is 1.50 bits per heavy atom. The predicted octanol–water partition coefficient (Wildman–Crippen LogP) is 3.65. The molecule has 2 aromatic carbocycles. The van der Waals surface area contributed by atoms with Gasteiger partial charge in [0.25, 0.3) is 0 Å². The fourth-order valence-corrected chi connectivity index (χ4v) is 2.23. The molecule has 20 heavy (non-hydrogen) atoms. The first-order valence-electron chi connectivity index (χ1n) is 6.92. The molecule has 100 valence electrons. The number of nitrogens with zero attached hydrogens (tertiary/aromatic N) is 2. The minimum atomic E-state index is 0.778. The lowest BCUT2D eigenvalue weighted by Gasteiger charge is -1.98. The first-order valence-corrected chi connectivity index (χ1v) is 6.92. The highest BCUT2D eigenvalue weighted by Crippen LogP contribution is 2.14. The number of aromatic nitrogens is 3. The van der Waals surface area contributed by atoms with Crippen LogP contribution in [0.25, 0.3) is 11.4 Å². The SMILES string of the molecule is c1ccc(CCCc2nc(-c3ccccc3)n[nH]2)cc1. The van der Waals surface area contributed by atoms with Gasteiger partial charge >= 0.3 is 0 Å². The van der Waals surface area contributed by atoms with Crippen molar-refractivity contribution < 1.29 is 0 Å². The minimum Gasteiger partial charge on any atom is -0.263 e. The van der Waals surface area contributed by atoms with Gasteiger partial charge in [0, 0.05) is 12.0 Å². The molecule has 0 bridgehead atoms. The lowest BCUT2D eigenvalue weighted by Crippen LogP contribution is -1.92. The van der Waals surface area contributed by atoms with E-state index in [4.69, 9.17) is 0 Å². The molecular formula is C17H17N3. The van der Waals surface area contributed by atoms with Gasteiger partial charge in [-0.3, -0.25) is 5.10 Å². The van der Waals surface area contributed by atoms with Crippen LogP contribution in [0.4, 0.5) is 0 Å². The highest BCUT2D eigenvalue weighted by Gasteiger charge is 2.05. The fraction of sp³-hybridized carbons (Fsp3) is 0.176. The normalized spacial score (nSPS) is 10.6. The molecule has 0 atom stereocenters.